The number of rotatable bonds is 11. The highest BCUT2D eigenvalue weighted by molar-refractivity contribution is 7.93. The summed E-state index contributed by atoms with van der Waals surface area (Å²) in [6.45, 7) is 3.13. The van der Waals surface area contributed by atoms with Crippen molar-refractivity contribution in [2.45, 2.75) is 44.9 Å². The molecule has 14 heteroatoms. The number of ether oxygens (including phenoxy) is 2. The predicted octanol–water partition coefficient (Wildman–Crippen LogP) is 4.44. The first-order chi connectivity index (χ1) is 20.9. The van der Waals surface area contributed by atoms with Crippen LogP contribution >= 0.6 is 0 Å². The van der Waals surface area contributed by atoms with Gasteiger partial charge in [-0.05, 0) is 43.2 Å². The molecule has 0 atom stereocenters. The number of hydrogen-bond donors (Lipinski definition) is 2. The van der Waals surface area contributed by atoms with Crippen LogP contribution in [-0.2, 0) is 25.7 Å². The molecule has 2 aromatic carbocycles. The minimum Gasteiger partial charge on any atom is -0.490 e. The number of nitrogens with one attached hydrogen (secondary N) is 1. The Bertz CT molecular complexity index is 1520. The van der Waals surface area contributed by atoms with Crippen LogP contribution in [0.5, 0.6) is 5.75 Å². The minimum atomic E-state index is -4.84. The molecule has 0 spiro atoms. The average Bonchev–Trinajstić information content (AvgIpc) is 3.51. The largest absolute Gasteiger partial charge is 0.490 e. The number of hydrogen-bond acceptors (Lipinski definition) is 8. The smallest absolute Gasteiger partial charge is 0.420 e. The number of anilines is 1. The molecule has 4 rings (SSSR count). The van der Waals surface area contributed by atoms with Gasteiger partial charge in [-0.25, -0.2) is 8.42 Å². The molecule has 0 bridgehead atoms. The highest BCUT2D eigenvalue weighted by Crippen LogP contribution is 2.40. The molecule has 10 nitrogen and oxygen atoms in total. The number of nitrogen functional groups attached to an aromatic ring is 1. The average molecular weight is 636 g/mol. The van der Waals surface area contributed by atoms with E-state index in [4.69, 9.17) is 20.6 Å². The summed E-state index contributed by atoms with van der Waals surface area (Å²) in [6.07, 6.45) is 0.638. The topological polar surface area (TPSA) is 138 Å². The molecule has 238 valence electrons. The van der Waals surface area contributed by atoms with Crippen LogP contribution in [0.15, 0.2) is 53.5 Å². The lowest BCUT2D eigenvalue weighted by Gasteiger charge is -2.34. The van der Waals surface area contributed by atoms with E-state index in [-0.39, 0.29) is 24.7 Å². The third-order valence-corrected chi connectivity index (χ3v) is 8.86. The lowest BCUT2D eigenvalue weighted by atomic mass is 10.1. The second-order valence-electron chi connectivity index (χ2n) is 10.4. The SMILES string of the molecule is CCOC(=O)CS(=O)(=O)N(CC=Cc1cccc(C(=N)N)c1)c1ccc(OC2CCN(C3=NCCC3)CC2)c(C(F)(F)F)c1. The van der Waals surface area contributed by atoms with Crippen molar-refractivity contribution < 1.29 is 35.9 Å². The molecular formula is C30H36F3N5O5S. The zero-order chi connectivity index (χ0) is 31.9. The Balaban J connectivity index is 1.60. The molecule has 0 unspecified atom stereocenters. The minimum absolute atomic E-state index is 0.0575. The standard InChI is InChI=1S/C30H36F3N5O5S/c1-2-42-28(39)20-44(40,41)38(15-5-7-21-6-3-8-22(18-21)29(34)35)23-10-11-26(25(19-23)30(31,32)33)43-24-12-16-37(17-13-24)27-9-4-14-36-27/h3,5-8,10-11,18-19,24H,2,4,9,12-17,20H2,1H3,(H3,34,35). The molecule has 2 heterocycles. The number of piperidine rings is 1. The summed E-state index contributed by atoms with van der Waals surface area (Å²) in [5, 5.41) is 7.60. The van der Waals surface area contributed by atoms with Crippen molar-refractivity contribution >= 4 is 39.4 Å². The van der Waals surface area contributed by atoms with E-state index in [2.05, 4.69) is 9.89 Å². The quantitative estimate of drug-likeness (QED) is 0.212. The molecule has 1 saturated heterocycles. The summed E-state index contributed by atoms with van der Waals surface area (Å²) in [7, 11) is -4.46. The molecule has 3 N–H and O–H groups in total. The maximum absolute atomic E-state index is 14.3. The zero-order valence-corrected chi connectivity index (χ0v) is 25.2. The maximum Gasteiger partial charge on any atom is 0.420 e. The molecule has 2 aromatic rings. The number of benzene rings is 2. The fraction of sp³-hybridized carbons (Fsp3) is 0.433. The van der Waals surface area contributed by atoms with E-state index in [1.54, 1.807) is 30.3 Å². The number of nitrogens with zero attached hydrogens (tertiary/aromatic N) is 3. The Kier molecular flexibility index (Phi) is 10.6. The van der Waals surface area contributed by atoms with Gasteiger partial charge in [0.1, 0.15) is 17.7 Å². The van der Waals surface area contributed by atoms with Crippen LogP contribution in [0.4, 0.5) is 18.9 Å². The number of nitrogens with two attached hydrogens (primary N) is 1. The number of esters is 1. The number of carbonyl (C=O) groups is 1. The van der Waals surface area contributed by atoms with Crippen LogP contribution < -0.4 is 14.8 Å². The highest BCUT2D eigenvalue weighted by Gasteiger charge is 2.37. The fourth-order valence-corrected chi connectivity index (χ4v) is 6.38. The molecular weight excluding hydrogens is 599 g/mol. The van der Waals surface area contributed by atoms with Gasteiger partial charge in [0.05, 0.1) is 30.2 Å². The zero-order valence-electron chi connectivity index (χ0n) is 24.3. The van der Waals surface area contributed by atoms with Gasteiger partial charge in [0, 0.05) is 44.5 Å². The summed E-state index contributed by atoms with van der Waals surface area (Å²) >= 11 is 0. The van der Waals surface area contributed by atoms with Crippen molar-refractivity contribution in [3.8, 4) is 5.75 Å². The van der Waals surface area contributed by atoms with Gasteiger partial charge in [0.25, 0.3) is 0 Å². The third kappa shape index (κ3) is 8.52. The number of alkyl halides is 3. The van der Waals surface area contributed by atoms with Gasteiger partial charge < -0.3 is 20.1 Å². The maximum atomic E-state index is 14.3. The van der Waals surface area contributed by atoms with Gasteiger partial charge in [0.15, 0.2) is 5.75 Å². The molecule has 0 aromatic heterocycles. The third-order valence-electron chi connectivity index (χ3n) is 7.23. The first-order valence-electron chi connectivity index (χ1n) is 14.3. The Morgan fingerprint density at radius 3 is 2.59 bits per heavy atom. The Hall–Kier alpha value is -4.07. The summed E-state index contributed by atoms with van der Waals surface area (Å²) in [4.78, 5) is 18.8. The second kappa shape index (κ2) is 14.1. The van der Waals surface area contributed by atoms with Gasteiger partial charge in [-0.2, -0.15) is 13.2 Å². The van der Waals surface area contributed by atoms with E-state index >= 15 is 0 Å². The van der Waals surface area contributed by atoms with Crippen molar-refractivity contribution in [2.24, 2.45) is 10.7 Å². The molecule has 1 fully saturated rings. The van der Waals surface area contributed by atoms with Crippen LogP contribution in [0.2, 0.25) is 0 Å². The van der Waals surface area contributed by atoms with Crippen molar-refractivity contribution in [3.63, 3.8) is 0 Å². The van der Waals surface area contributed by atoms with E-state index in [9.17, 15) is 26.4 Å². The Labute approximate surface area is 254 Å². The predicted molar refractivity (Wildman–Crippen MR) is 162 cm³/mol. The first-order valence-corrected chi connectivity index (χ1v) is 15.9. The summed E-state index contributed by atoms with van der Waals surface area (Å²) in [6, 6.07) is 9.68. The molecule has 0 radical (unpaired) electrons. The summed E-state index contributed by atoms with van der Waals surface area (Å²) in [5.41, 5.74) is 5.17. The van der Waals surface area contributed by atoms with Crippen LogP contribution in [0.1, 0.15) is 49.3 Å². The number of halogens is 3. The van der Waals surface area contributed by atoms with Crippen molar-refractivity contribution in [1.82, 2.24) is 4.90 Å². The molecule has 2 aliphatic rings. The van der Waals surface area contributed by atoms with Gasteiger partial charge in [-0.3, -0.25) is 19.5 Å². The van der Waals surface area contributed by atoms with Crippen LogP contribution in [0, 0.1) is 5.41 Å². The molecule has 0 amide bonds. The van der Waals surface area contributed by atoms with Gasteiger partial charge in [-0.15, -0.1) is 0 Å². The van der Waals surface area contributed by atoms with Crippen molar-refractivity contribution in [3.05, 3.63) is 65.2 Å². The Morgan fingerprint density at radius 1 is 1.20 bits per heavy atom. The van der Waals surface area contributed by atoms with Gasteiger partial charge in [-0.1, -0.05) is 30.4 Å². The summed E-state index contributed by atoms with van der Waals surface area (Å²) in [5.74, 6) is -1.60. The molecule has 2 aliphatic heterocycles. The van der Waals surface area contributed by atoms with E-state index in [0.717, 1.165) is 41.7 Å². The number of carbonyl (C=O) groups excluding carboxylic acids is 1. The Morgan fingerprint density at radius 2 is 1.95 bits per heavy atom. The van der Waals surface area contributed by atoms with Gasteiger partial charge >= 0.3 is 12.1 Å². The number of aliphatic imine (C=N–C) groups is 1. The lowest BCUT2D eigenvalue weighted by Crippen LogP contribution is -2.41. The molecule has 0 aliphatic carbocycles. The number of likely N-dealkylation sites (tertiary alicyclic amines) is 1. The number of amidine groups is 2. The first kappa shape index (κ1) is 32.8. The van der Waals surface area contributed by atoms with Crippen LogP contribution in [0.25, 0.3) is 6.08 Å². The normalized spacial score (nSPS) is 16.2. The highest BCUT2D eigenvalue weighted by atomic mass is 32.2. The fourth-order valence-electron chi connectivity index (χ4n) is 5.09. The summed E-state index contributed by atoms with van der Waals surface area (Å²) < 4.78 is 80.9. The molecule has 0 saturated carbocycles. The van der Waals surface area contributed by atoms with E-state index in [0.29, 0.717) is 37.1 Å². The van der Waals surface area contributed by atoms with E-state index < -0.39 is 45.3 Å². The van der Waals surface area contributed by atoms with E-state index in [1.807, 2.05) is 0 Å². The van der Waals surface area contributed by atoms with Crippen molar-refractivity contribution in [2.75, 3.05) is 42.8 Å². The number of sulfonamides is 1. The van der Waals surface area contributed by atoms with Gasteiger partial charge in [0.2, 0.25) is 10.0 Å². The second-order valence-corrected chi connectivity index (χ2v) is 12.3. The van der Waals surface area contributed by atoms with Crippen molar-refractivity contribution in [1.29, 1.82) is 5.41 Å². The molecule has 44 heavy (non-hydrogen) atoms. The lowest BCUT2D eigenvalue weighted by molar-refractivity contribution is -0.140. The monoisotopic (exact) mass is 635 g/mol. The van der Waals surface area contributed by atoms with Crippen LogP contribution in [0.3, 0.4) is 0 Å². The van der Waals surface area contributed by atoms with Crippen LogP contribution in [-0.4, -0.2) is 75.6 Å². The van der Waals surface area contributed by atoms with E-state index in [1.165, 1.54) is 19.1 Å².